The van der Waals surface area contributed by atoms with Crippen molar-refractivity contribution in [3.63, 3.8) is 0 Å². The predicted molar refractivity (Wildman–Crippen MR) is 139 cm³/mol. The van der Waals surface area contributed by atoms with Crippen molar-refractivity contribution in [2.45, 2.75) is 6.54 Å². The number of fused-ring (bicyclic) bond motifs is 2. The van der Waals surface area contributed by atoms with Crippen LogP contribution in [0.5, 0.6) is 17.2 Å². The van der Waals surface area contributed by atoms with Gasteiger partial charge in [0.2, 0.25) is 5.75 Å². The molecule has 0 bridgehead atoms. The van der Waals surface area contributed by atoms with Crippen LogP contribution >= 0.6 is 22.6 Å². The highest BCUT2D eigenvalue weighted by Gasteiger charge is 2.18. The Kier molecular flexibility index (Phi) is 5.86. The summed E-state index contributed by atoms with van der Waals surface area (Å²) in [6.45, 7) is 0.367. The maximum Gasteiger partial charge on any atom is 0.329 e. The lowest BCUT2D eigenvalue weighted by molar-refractivity contribution is 0.324. The van der Waals surface area contributed by atoms with Crippen LogP contribution in [0.1, 0.15) is 5.56 Å². The molecule has 0 unspecified atom stereocenters. The minimum atomic E-state index is -0.263. The third kappa shape index (κ3) is 3.75. The Balaban J connectivity index is 1.66. The zero-order valence-electron chi connectivity index (χ0n) is 18.8. The number of nitrogens with zero attached hydrogens (tertiary/aromatic N) is 3. The molecule has 8 nitrogen and oxygen atoms in total. The van der Waals surface area contributed by atoms with Gasteiger partial charge in [0.05, 0.1) is 39.8 Å². The van der Waals surface area contributed by atoms with Gasteiger partial charge in [-0.1, -0.05) is 30.3 Å². The number of nitrogens with one attached hydrogen (secondary N) is 1. The van der Waals surface area contributed by atoms with E-state index >= 15 is 0 Å². The van der Waals surface area contributed by atoms with E-state index in [2.05, 4.69) is 56.8 Å². The molecule has 0 radical (unpaired) electrons. The third-order valence-corrected chi connectivity index (χ3v) is 6.75. The molecular weight excluding hydrogens is 547 g/mol. The van der Waals surface area contributed by atoms with Crippen molar-refractivity contribution in [1.82, 2.24) is 19.5 Å². The van der Waals surface area contributed by atoms with Gasteiger partial charge in [-0.3, -0.25) is 9.55 Å². The van der Waals surface area contributed by atoms with Crippen molar-refractivity contribution >= 4 is 44.7 Å². The molecule has 0 amide bonds. The standard InChI is InChI=1S/C25H21IN4O4/c1-32-20-10-15(11-21(33-2)22(20)34-3)19-12-27-23-24(28-19)30(25(31)29-23)13-17-16-7-5-4-6-14(16)8-9-18(17)26/h4-12H,13H2,1-3H3,(H,27,29,31). The van der Waals surface area contributed by atoms with E-state index in [-0.39, 0.29) is 5.69 Å². The molecule has 3 aromatic carbocycles. The smallest absolute Gasteiger partial charge is 0.329 e. The summed E-state index contributed by atoms with van der Waals surface area (Å²) < 4.78 is 19.1. The molecule has 0 aliphatic heterocycles. The molecular formula is C25H21IN4O4. The van der Waals surface area contributed by atoms with Gasteiger partial charge in [-0.05, 0) is 57.1 Å². The number of hydrogen-bond donors (Lipinski definition) is 1. The number of methoxy groups -OCH3 is 3. The van der Waals surface area contributed by atoms with Crippen LogP contribution < -0.4 is 19.9 Å². The number of ether oxygens (including phenoxy) is 3. The molecule has 0 aliphatic rings. The van der Waals surface area contributed by atoms with Gasteiger partial charge in [-0.2, -0.15) is 0 Å². The van der Waals surface area contributed by atoms with Crippen molar-refractivity contribution in [3.8, 4) is 28.5 Å². The maximum atomic E-state index is 12.9. The van der Waals surface area contributed by atoms with Gasteiger partial charge in [0.25, 0.3) is 0 Å². The van der Waals surface area contributed by atoms with Crippen LogP contribution in [-0.4, -0.2) is 40.8 Å². The first-order valence-corrected chi connectivity index (χ1v) is 11.5. The molecule has 9 heteroatoms. The van der Waals surface area contributed by atoms with Crippen molar-refractivity contribution in [2.24, 2.45) is 0 Å². The zero-order valence-corrected chi connectivity index (χ0v) is 20.9. The van der Waals surface area contributed by atoms with Crippen LogP contribution in [-0.2, 0) is 6.54 Å². The molecule has 0 saturated heterocycles. The lowest BCUT2D eigenvalue weighted by Gasteiger charge is -2.14. The molecule has 1 N–H and O–H groups in total. The molecule has 2 heterocycles. The van der Waals surface area contributed by atoms with E-state index in [0.29, 0.717) is 40.8 Å². The van der Waals surface area contributed by atoms with Gasteiger partial charge in [0, 0.05) is 9.13 Å². The number of aromatic amines is 1. The number of H-pyrrole nitrogens is 1. The fourth-order valence-corrected chi connectivity index (χ4v) is 4.70. The van der Waals surface area contributed by atoms with E-state index in [4.69, 9.17) is 19.2 Å². The molecule has 5 rings (SSSR count). The number of rotatable bonds is 6. The average molecular weight is 568 g/mol. The lowest BCUT2D eigenvalue weighted by atomic mass is 10.0. The lowest BCUT2D eigenvalue weighted by Crippen LogP contribution is -2.18. The second-order valence-corrected chi connectivity index (χ2v) is 8.77. The van der Waals surface area contributed by atoms with Crippen LogP contribution in [0.3, 0.4) is 0 Å². The van der Waals surface area contributed by atoms with Crippen LogP contribution in [0.2, 0.25) is 0 Å². The molecule has 0 spiro atoms. The summed E-state index contributed by atoms with van der Waals surface area (Å²) in [6, 6.07) is 15.9. The Morgan fingerprint density at radius 3 is 2.44 bits per heavy atom. The van der Waals surface area contributed by atoms with E-state index in [1.807, 2.05) is 12.1 Å². The minimum Gasteiger partial charge on any atom is -0.493 e. The molecule has 5 aromatic rings. The van der Waals surface area contributed by atoms with Gasteiger partial charge in [-0.25, -0.2) is 14.8 Å². The van der Waals surface area contributed by atoms with Crippen molar-refractivity contribution in [2.75, 3.05) is 21.3 Å². The second-order valence-electron chi connectivity index (χ2n) is 7.60. The van der Waals surface area contributed by atoms with E-state index in [1.165, 1.54) is 0 Å². The van der Waals surface area contributed by atoms with E-state index in [9.17, 15) is 4.79 Å². The minimum absolute atomic E-state index is 0.263. The number of aromatic nitrogens is 4. The van der Waals surface area contributed by atoms with Gasteiger partial charge in [-0.15, -0.1) is 0 Å². The first-order chi connectivity index (χ1) is 16.5. The van der Waals surface area contributed by atoms with E-state index in [0.717, 1.165) is 25.5 Å². The molecule has 0 atom stereocenters. The summed E-state index contributed by atoms with van der Waals surface area (Å²) in [4.78, 5) is 25.0. The van der Waals surface area contributed by atoms with Crippen molar-refractivity contribution in [3.05, 3.63) is 74.3 Å². The van der Waals surface area contributed by atoms with Gasteiger partial charge < -0.3 is 14.2 Å². The number of halogens is 1. The monoisotopic (exact) mass is 568 g/mol. The average Bonchev–Trinajstić information content (AvgIpc) is 3.18. The second kappa shape index (κ2) is 8.98. The fraction of sp³-hybridized carbons (Fsp3) is 0.160. The Morgan fingerprint density at radius 2 is 1.74 bits per heavy atom. The zero-order chi connectivity index (χ0) is 23.8. The highest BCUT2D eigenvalue weighted by molar-refractivity contribution is 14.1. The van der Waals surface area contributed by atoms with Gasteiger partial charge in [0.15, 0.2) is 22.8 Å². The Morgan fingerprint density at radius 1 is 1.00 bits per heavy atom. The summed E-state index contributed by atoms with van der Waals surface area (Å²) in [5.41, 5.74) is 3.00. The number of imidazole rings is 1. The van der Waals surface area contributed by atoms with E-state index in [1.54, 1.807) is 44.2 Å². The summed E-state index contributed by atoms with van der Waals surface area (Å²) in [7, 11) is 4.68. The summed E-state index contributed by atoms with van der Waals surface area (Å²) in [5.74, 6) is 1.51. The van der Waals surface area contributed by atoms with Gasteiger partial charge in [0.1, 0.15) is 0 Å². The Labute approximate surface area is 208 Å². The summed E-state index contributed by atoms with van der Waals surface area (Å²) in [5, 5.41) is 2.22. The number of hydrogen-bond acceptors (Lipinski definition) is 6. The molecule has 34 heavy (non-hydrogen) atoms. The van der Waals surface area contributed by atoms with Crippen LogP contribution in [0.25, 0.3) is 33.3 Å². The largest absolute Gasteiger partial charge is 0.493 e. The number of benzene rings is 3. The predicted octanol–water partition coefficient (Wildman–Crippen LogP) is 4.62. The topological polar surface area (TPSA) is 91.3 Å². The molecule has 0 aliphatic carbocycles. The first kappa shape index (κ1) is 22.2. The van der Waals surface area contributed by atoms with Crippen LogP contribution in [0, 0.1) is 3.57 Å². The van der Waals surface area contributed by atoms with Crippen LogP contribution in [0.4, 0.5) is 0 Å². The summed E-state index contributed by atoms with van der Waals surface area (Å²) >= 11 is 2.31. The quantitative estimate of drug-likeness (QED) is 0.301. The molecule has 172 valence electrons. The van der Waals surface area contributed by atoms with Crippen LogP contribution in [0.15, 0.2) is 59.5 Å². The Bertz CT molecular complexity index is 1570. The Hall–Kier alpha value is -3.60. The van der Waals surface area contributed by atoms with Crippen molar-refractivity contribution < 1.29 is 14.2 Å². The highest BCUT2D eigenvalue weighted by Crippen LogP contribution is 2.40. The SMILES string of the molecule is COc1cc(-c2cnc3[nH]c(=O)n(Cc4c(I)ccc5ccccc45)c3n2)cc(OC)c1OC. The van der Waals surface area contributed by atoms with Gasteiger partial charge >= 0.3 is 5.69 Å². The van der Waals surface area contributed by atoms with Crippen molar-refractivity contribution in [1.29, 1.82) is 0 Å². The maximum absolute atomic E-state index is 12.9. The summed E-state index contributed by atoms with van der Waals surface area (Å²) in [6.07, 6.45) is 1.62. The molecule has 0 saturated carbocycles. The first-order valence-electron chi connectivity index (χ1n) is 10.5. The molecule has 0 fully saturated rings. The third-order valence-electron chi connectivity index (χ3n) is 5.74. The molecule has 2 aromatic heterocycles. The fourth-order valence-electron chi connectivity index (χ4n) is 4.06. The highest BCUT2D eigenvalue weighted by atomic mass is 127. The van der Waals surface area contributed by atoms with E-state index < -0.39 is 0 Å². The normalized spacial score (nSPS) is 11.2.